The molecule has 1 heterocycles. The van der Waals surface area contributed by atoms with Crippen LogP contribution in [0.15, 0.2) is 0 Å². The lowest BCUT2D eigenvalue weighted by atomic mass is 10.1. The fraction of sp³-hybridized carbons (Fsp3) is 1.00. The smallest absolute Gasteiger partial charge is 0.388 e. The van der Waals surface area contributed by atoms with E-state index >= 15 is 0 Å². The van der Waals surface area contributed by atoms with Gasteiger partial charge in [-0.15, -0.1) is 0 Å². The van der Waals surface area contributed by atoms with Crippen LogP contribution in [0.2, 0.25) is 0 Å². The van der Waals surface area contributed by atoms with Crippen LogP contribution in [0.5, 0.6) is 0 Å². The van der Waals surface area contributed by atoms with Crippen molar-refractivity contribution in [1.29, 1.82) is 0 Å². The largest absolute Gasteiger partial charge is 0.469 e. The third kappa shape index (κ3) is 5.94. The predicted octanol–water partition coefficient (Wildman–Crippen LogP) is -2.31. The summed E-state index contributed by atoms with van der Waals surface area (Å²) < 4.78 is 41.2. The summed E-state index contributed by atoms with van der Waals surface area (Å²) in [5.41, 5.74) is 0. The van der Waals surface area contributed by atoms with Crippen LogP contribution in [0.1, 0.15) is 1.37 Å². The van der Waals surface area contributed by atoms with Crippen molar-refractivity contribution in [2.24, 2.45) is 0 Å². The molecule has 13 heteroatoms. The molecule has 114 valence electrons. The summed E-state index contributed by atoms with van der Waals surface area (Å²) in [5, 5.41) is 19.1. The Kier molecular flexibility index (Phi) is 5.09. The zero-order chi connectivity index (χ0) is 15.7. The monoisotopic (exact) mass is 326 g/mol. The van der Waals surface area contributed by atoms with Gasteiger partial charge >= 0.3 is 15.6 Å². The minimum absolute atomic E-state index is 0.790. The van der Waals surface area contributed by atoms with Gasteiger partial charge in [-0.1, -0.05) is 0 Å². The molecular formula is C6H14O11P2. The Morgan fingerprint density at radius 3 is 1.95 bits per heavy atom. The van der Waals surface area contributed by atoms with Crippen LogP contribution in [0.25, 0.3) is 0 Å². The molecule has 1 aliphatic heterocycles. The van der Waals surface area contributed by atoms with Crippen LogP contribution in [0.3, 0.4) is 0 Å². The first-order chi connectivity index (χ1) is 8.91. The molecule has 0 aromatic rings. The predicted molar refractivity (Wildman–Crippen MR) is 56.7 cm³/mol. The van der Waals surface area contributed by atoms with Gasteiger partial charge in [-0.2, -0.15) is 0 Å². The fourth-order valence-electron chi connectivity index (χ4n) is 1.34. The van der Waals surface area contributed by atoms with Gasteiger partial charge < -0.3 is 34.5 Å². The minimum Gasteiger partial charge on any atom is -0.388 e. The average Bonchev–Trinajstić information content (AvgIpc) is 2.50. The standard InChI is InChI=1S/C6H14O11P2/c7-5-3(1-15-18(9,10)11)17-4(6(5)8)2-16-19(12,13)14/h3-8H,1-2H2,(H2,9,10,11)(H2,12,13,14)/t3-,4+,5-,6-/m1/s1/i1T/t1?,3-,4+,5+,6+/m0. The first-order valence-electron chi connectivity index (χ1n) is 5.36. The number of phosphoric acid groups is 2. The van der Waals surface area contributed by atoms with Crippen molar-refractivity contribution >= 4 is 15.6 Å². The van der Waals surface area contributed by atoms with Gasteiger partial charge in [-0.05, 0) is 0 Å². The topological polar surface area (TPSA) is 183 Å². The van der Waals surface area contributed by atoms with E-state index in [0.717, 1.165) is 0 Å². The van der Waals surface area contributed by atoms with Gasteiger partial charge in [0.05, 0.1) is 14.6 Å². The van der Waals surface area contributed by atoms with Gasteiger partial charge in [0.1, 0.15) is 24.4 Å². The van der Waals surface area contributed by atoms with E-state index in [4.69, 9.17) is 25.7 Å². The average molecular weight is 326 g/mol. The van der Waals surface area contributed by atoms with E-state index < -0.39 is 53.3 Å². The maximum Gasteiger partial charge on any atom is 0.469 e. The second kappa shape index (κ2) is 6.25. The molecule has 6 N–H and O–H groups in total. The fourth-order valence-corrected chi connectivity index (χ4v) is 1.96. The molecule has 1 aliphatic rings. The Hall–Kier alpha value is 0.1000. The molecule has 0 radical (unpaired) electrons. The van der Waals surface area contributed by atoms with Crippen molar-refractivity contribution in [2.75, 3.05) is 13.2 Å². The molecule has 0 aromatic heterocycles. The van der Waals surface area contributed by atoms with Gasteiger partial charge in [0.25, 0.3) is 0 Å². The number of aliphatic hydroxyl groups is 2. The third-order valence-corrected chi connectivity index (χ3v) is 3.02. The minimum atomic E-state index is -5.00. The van der Waals surface area contributed by atoms with Crippen molar-refractivity contribution < 1.29 is 54.1 Å². The molecule has 1 saturated heterocycles. The molecule has 19 heavy (non-hydrogen) atoms. The molecule has 1 rings (SSSR count). The van der Waals surface area contributed by atoms with E-state index in [9.17, 15) is 19.3 Å². The molecule has 5 atom stereocenters. The number of hydrogen-bond acceptors (Lipinski definition) is 7. The molecule has 0 saturated carbocycles. The van der Waals surface area contributed by atoms with Crippen LogP contribution in [0, 0.1) is 0 Å². The van der Waals surface area contributed by atoms with Crippen LogP contribution in [0.4, 0.5) is 0 Å². The van der Waals surface area contributed by atoms with Crippen LogP contribution in [-0.2, 0) is 22.9 Å². The SMILES string of the molecule is [3H]C(OP(=O)(O)O)[C@@H]1O[C@H](COP(=O)(O)O)[C@@H](O)[C@@H]1O. The van der Waals surface area contributed by atoms with Crippen molar-refractivity contribution in [1.82, 2.24) is 0 Å². The summed E-state index contributed by atoms with van der Waals surface area (Å²) in [6.45, 7) is -2.80. The van der Waals surface area contributed by atoms with Gasteiger partial charge in [-0.3, -0.25) is 9.05 Å². The van der Waals surface area contributed by atoms with Gasteiger partial charge in [-0.25, -0.2) is 9.13 Å². The molecule has 0 spiro atoms. The van der Waals surface area contributed by atoms with E-state index in [1.165, 1.54) is 0 Å². The number of hydrogen-bond donors (Lipinski definition) is 6. The molecule has 1 unspecified atom stereocenters. The van der Waals surface area contributed by atoms with Gasteiger partial charge in [0.2, 0.25) is 0 Å². The number of rotatable bonds is 6. The van der Waals surface area contributed by atoms with E-state index in [0.29, 0.717) is 0 Å². The van der Waals surface area contributed by atoms with Crippen molar-refractivity contribution in [3.63, 3.8) is 0 Å². The highest BCUT2D eigenvalue weighted by molar-refractivity contribution is 7.46. The Morgan fingerprint density at radius 2 is 1.47 bits per heavy atom. The maximum absolute atomic E-state index is 10.6. The molecule has 0 bridgehead atoms. The van der Waals surface area contributed by atoms with Gasteiger partial charge in [0, 0.05) is 0 Å². The normalized spacial score (nSPS) is 35.2. The summed E-state index contributed by atoms with van der Waals surface area (Å²) >= 11 is 0. The summed E-state index contributed by atoms with van der Waals surface area (Å²) in [7, 11) is -9.82. The van der Waals surface area contributed by atoms with E-state index in [2.05, 4.69) is 9.05 Å². The van der Waals surface area contributed by atoms with Crippen molar-refractivity contribution in [2.45, 2.75) is 24.4 Å². The third-order valence-electron chi connectivity index (χ3n) is 2.14. The molecule has 0 amide bonds. The second-order valence-electron chi connectivity index (χ2n) is 3.64. The Balaban J connectivity index is 2.64. The first-order valence-corrected chi connectivity index (χ1v) is 7.84. The van der Waals surface area contributed by atoms with Gasteiger partial charge in [0.15, 0.2) is 0 Å². The summed E-state index contributed by atoms with van der Waals surface area (Å²) in [6, 6.07) is 0. The number of aliphatic hydroxyl groups excluding tert-OH is 2. The van der Waals surface area contributed by atoms with Crippen LogP contribution in [-0.4, -0.2) is 67.4 Å². The zero-order valence-corrected chi connectivity index (χ0v) is 11.0. The molecular weight excluding hydrogens is 310 g/mol. The molecule has 0 aromatic carbocycles. The van der Waals surface area contributed by atoms with E-state index in [1.54, 1.807) is 0 Å². The lowest BCUT2D eigenvalue weighted by molar-refractivity contribution is -0.0382. The number of phosphoric ester groups is 2. The second-order valence-corrected chi connectivity index (χ2v) is 6.07. The van der Waals surface area contributed by atoms with Crippen LogP contribution < -0.4 is 0 Å². The quantitative estimate of drug-likeness (QED) is 0.288. The summed E-state index contributed by atoms with van der Waals surface area (Å²) in [5.74, 6) is 0. The van der Waals surface area contributed by atoms with E-state index in [-0.39, 0.29) is 0 Å². The lowest BCUT2D eigenvalue weighted by Gasteiger charge is -2.15. The van der Waals surface area contributed by atoms with Crippen molar-refractivity contribution in [3.05, 3.63) is 0 Å². The summed E-state index contributed by atoms with van der Waals surface area (Å²) in [6.07, 6.45) is -6.42. The molecule has 0 aliphatic carbocycles. The zero-order valence-electron chi connectivity index (χ0n) is 10.2. The highest BCUT2D eigenvalue weighted by Gasteiger charge is 2.44. The Bertz CT molecular complexity index is 419. The molecule has 11 nitrogen and oxygen atoms in total. The Morgan fingerprint density at radius 1 is 1.00 bits per heavy atom. The number of ether oxygens (including phenoxy) is 1. The maximum atomic E-state index is 10.6. The van der Waals surface area contributed by atoms with E-state index in [1.807, 2.05) is 0 Å². The van der Waals surface area contributed by atoms with Crippen LogP contribution >= 0.6 is 15.6 Å². The lowest BCUT2D eigenvalue weighted by Crippen LogP contribution is -2.35. The summed E-state index contributed by atoms with van der Waals surface area (Å²) in [4.78, 5) is 34.0. The highest BCUT2D eigenvalue weighted by Crippen LogP contribution is 2.39. The first kappa shape index (κ1) is 15.5. The Labute approximate surface area is 108 Å². The highest BCUT2D eigenvalue weighted by atomic mass is 31.2. The molecule has 1 fully saturated rings. The van der Waals surface area contributed by atoms with Crippen molar-refractivity contribution in [3.8, 4) is 0 Å².